The number of pyridine rings is 1. The molecule has 0 aliphatic carbocycles. The summed E-state index contributed by atoms with van der Waals surface area (Å²) in [5.74, 6) is -1.63. The lowest BCUT2D eigenvalue weighted by atomic mass is 9.96. The lowest BCUT2D eigenvalue weighted by Gasteiger charge is -2.19. The first-order chi connectivity index (χ1) is 15.2. The second kappa shape index (κ2) is 8.73. The number of nitrogens with one attached hydrogen (secondary N) is 2. The zero-order valence-corrected chi connectivity index (χ0v) is 18.6. The Labute approximate surface area is 193 Å². The predicted molar refractivity (Wildman–Crippen MR) is 126 cm³/mol. The van der Waals surface area contributed by atoms with Crippen LogP contribution in [0.2, 0.25) is 10.0 Å². The summed E-state index contributed by atoms with van der Waals surface area (Å²) in [6, 6.07) is 13.1. The van der Waals surface area contributed by atoms with Crippen LogP contribution < -0.4 is 10.6 Å². The molecule has 4 nitrogen and oxygen atoms in total. The van der Waals surface area contributed by atoms with Crippen LogP contribution in [0.1, 0.15) is 11.3 Å². The number of benzene rings is 3. The van der Waals surface area contributed by atoms with Crippen molar-refractivity contribution in [2.24, 2.45) is 0 Å². The number of fused-ring (bicyclic) bond motifs is 1. The highest BCUT2D eigenvalue weighted by Crippen LogP contribution is 2.42. The summed E-state index contributed by atoms with van der Waals surface area (Å²) in [6.07, 6.45) is 0. The van der Waals surface area contributed by atoms with Gasteiger partial charge in [0.1, 0.15) is 11.6 Å². The van der Waals surface area contributed by atoms with Gasteiger partial charge in [0.15, 0.2) is 0 Å². The summed E-state index contributed by atoms with van der Waals surface area (Å²) in [6.45, 7) is 3.63. The summed E-state index contributed by atoms with van der Waals surface area (Å²) < 4.78 is 27.2. The quantitative estimate of drug-likeness (QED) is 0.320. The predicted octanol–water partition coefficient (Wildman–Crippen LogP) is 7.75. The highest BCUT2D eigenvalue weighted by atomic mass is 35.5. The average Bonchev–Trinajstić information content (AvgIpc) is 2.72. The molecular weight excluding hydrogens is 455 g/mol. The van der Waals surface area contributed by atoms with Crippen molar-refractivity contribution in [2.45, 2.75) is 13.8 Å². The third-order valence-electron chi connectivity index (χ3n) is 4.93. The molecule has 8 heteroatoms. The van der Waals surface area contributed by atoms with Crippen molar-refractivity contribution in [3.63, 3.8) is 0 Å². The summed E-state index contributed by atoms with van der Waals surface area (Å²) in [7, 11) is 0. The molecule has 0 aliphatic rings. The highest BCUT2D eigenvalue weighted by Gasteiger charge is 2.20. The summed E-state index contributed by atoms with van der Waals surface area (Å²) in [5.41, 5.74) is 3.52. The standard InChI is InChI=1S/C24H17Cl2F2N3O/c1-12-9-16-21(15-5-3-4-6-17(15)25)22(13(2)29-23(16)18(26)10-12)31-24(32)30-20-8-7-14(27)11-19(20)28/h3-11H,1-2H3,(H2,30,31,32). The smallest absolute Gasteiger partial charge is 0.305 e. The van der Waals surface area contributed by atoms with Crippen molar-refractivity contribution in [3.8, 4) is 11.1 Å². The fraction of sp³-hybridized carbons (Fsp3) is 0.0833. The molecular formula is C24H17Cl2F2N3O. The van der Waals surface area contributed by atoms with Crippen LogP contribution in [0.3, 0.4) is 0 Å². The van der Waals surface area contributed by atoms with E-state index in [0.717, 1.165) is 17.7 Å². The Morgan fingerprint density at radius 2 is 1.69 bits per heavy atom. The molecule has 4 aromatic rings. The van der Waals surface area contributed by atoms with E-state index in [0.29, 0.717) is 49.5 Å². The van der Waals surface area contributed by atoms with Gasteiger partial charge in [0, 0.05) is 27.6 Å². The molecule has 2 amide bonds. The number of anilines is 2. The molecule has 3 aromatic carbocycles. The summed E-state index contributed by atoms with van der Waals surface area (Å²) in [5, 5.41) is 6.81. The Morgan fingerprint density at radius 1 is 0.938 bits per heavy atom. The lowest BCUT2D eigenvalue weighted by Crippen LogP contribution is -2.21. The number of hydrogen-bond donors (Lipinski definition) is 2. The third-order valence-corrected chi connectivity index (χ3v) is 5.55. The van der Waals surface area contributed by atoms with Crippen LogP contribution in [0, 0.1) is 25.5 Å². The first kappa shape index (κ1) is 22.0. The van der Waals surface area contributed by atoms with E-state index in [2.05, 4.69) is 15.6 Å². The molecule has 162 valence electrons. The fourth-order valence-electron chi connectivity index (χ4n) is 3.53. The summed E-state index contributed by atoms with van der Waals surface area (Å²) >= 11 is 13.0. The minimum Gasteiger partial charge on any atom is -0.305 e. The second-order valence-corrected chi connectivity index (χ2v) is 8.09. The molecule has 4 rings (SSSR count). The number of rotatable bonds is 3. The van der Waals surface area contributed by atoms with Crippen molar-refractivity contribution in [1.29, 1.82) is 0 Å². The number of carbonyl (C=O) groups excluding carboxylic acids is 1. The number of amides is 2. The Balaban J connectivity index is 1.87. The number of hydrogen-bond acceptors (Lipinski definition) is 2. The van der Waals surface area contributed by atoms with Gasteiger partial charge in [-0.15, -0.1) is 0 Å². The molecule has 0 radical (unpaired) electrons. The number of halogens is 4. The monoisotopic (exact) mass is 471 g/mol. The van der Waals surface area contributed by atoms with Crippen LogP contribution in [-0.4, -0.2) is 11.0 Å². The zero-order valence-electron chi connectivity index (χ0n) is 17.1. The van der Waals surface area contributed by atoms with Gasteiger partial charge in [0.25, 0.3) is 0 Å². The average molecular weight is 472 g/mol. The molecule has 0 fully saturated rings. The number of aryl methyl sites for hydroxylation is 2. The zero-order chi connectivity index (χ0) is 23.0. The molecule has 32 heavy (non-hydrogen) atoms. The Hall–Kier alpha value is -3.22. The van der Waals surface area contributed by atoms with Crippen LogP contribution in [0.15, 0.2) is 54.6 Å². The maximum atomic E-state index is 14.0. The van der Waals surface area contributed by atoms with Crippen molar-refractivity contribution in [1.82, 2.24) is 4.98 Å². The Kier molecular flexibility index (Phi) is 6.00. The molecule has 0 unspecified atom stereocenters. The third kappa shape index (κ3) is 4.24. The minimum atomic E-state index is -0.887. The topological polar surface area (TPSA) is 54.0 Å². The highest BCUT2D eigenvalue weighted by molar-refractivity contribution is 6.37. The molecule has 0 saturated carbocycles. The second-order valence-electron chi connectivity index (χ2n) is 7.27. The van der Waals surface area contributed by atoms with E-state index in [-0.39, 0.29) is 5.69 Å². The van der Waals surface area contributed by atoms with Gasteiger partial charge in [-0.05, 0) is 49.7 Å². The van der Waals surface area contributed by atoms with Gasteiger partial charge in [-0.3, -0.25) is 0 Å². The van der Waals surface area contributed by atoms with Gasteiger partial charge < -0.3 is 10.6 Å². The Bertz CT molecular complexity index is 1380. The van der Waals surface area contributed by atoms with E-state index >= 15 is 0 Å². The van der Waals surface area contributed by atoms with Crippen LogP contribution in [-0.2, 0) is 0 Å². The van der Waals surface area contributed by atoms with E-state index in [1.54, 1.807) is 19.1 Å². The van der Waals surface area contributed by atoms with E-state index in [9.17, 15) is 13.6 Å². The van der Waals surface area contributed by atoms with Crippen LogP contribution in [0.4, 0.5) is 25.0 Å². The van der Waals surface area contributed by atoms with Crippen molar-refractivity contribution in [2.75, 3.05) is 10.6 Å². The van der Waals surface area contributed by atoms with E-state index < -0.39 is 17.7 Å². The normalized spacial score (nSPS) is 10.9. The van der Waals surface area contributed by atoms with Crippen LogP contribution in [0.5, 0.6) is 0 Å². The number of nitrogens with zero attached hydrogens (tertiary/aromatic N) is 1. The number of urea groups is 1. The van der Waals surface area contributed by atoms with E-state index in [1.165, 1.54) is 0 Å². The first-order valence-electron chi connectivity index (χ1n) is 9.63. The fourth-order valence-corrected chi connectivity index (χ4v) is 4.08. The SMILES string of the molecule is Cc1cc(Cl)c2nc(C)c(NC(=O)Nc3ccc(F)cc3F)c(-c3ccccc3Cl)c2c1. The van der Waals surface area contributed by atoms with Gasteiger partial charge in [0.2, 0.25) is 0 Å². The molecule has 1 aromatic heterocycles. The maximum Gasteiger partial charge on any atom is 0.323 e. The minimum absolute atomic E-state index is 0.159. The molecule has 1 heterocycles. The molecule has 0 aliphatic heterocycles. The van der Waals surface area contributed by atoms with E-state index in [4.69, 9.17) is 23.2 Å². The molecule has 0 spiro atoms. The molecule has 0 saturated heterocycles. The lowest BCUT2D eigenvalue weighted by molar-refractivity contribution is 0.262. The van der Waals surface area contributed by atoms with Crippen LogP contribution in [0.25, 0.3) is 22.0 Å². The van der Waals surface area contributed by atoms with Gasteiger partial charge in [-0.2, -0.15) is 0 Å². The Morgan fingerprint density at radius 3 is 2.41 bits per heavy atom. The van der Waals surface area contributed by atoms with Crippen LogP contribution >= 0.6 is 23.2 Å². The van der Waals surface area contributed by atoms with Gasteiger partial charge in [0.05, 0.1) is 27.6 Å². The number of aromatic nitrogens is 1. The molecule has 2 N–H and O–H groups in total. The molecule has 0 bridgehead atoms. The van der Waals surface area contributed by atoms with Gasteiger partial charge in [-0.25, -0.2) is 18.6 Å². The molecule has 0 atom stereocenters. The van der Waals surface area contributed by atoms with Crippen molar-refractivity contribution >= 4 is 51.5 Å². The largest absolute Gasteiger partial charge is 0.323 e. The first-order valence-corrected chi connectivity index (χ1v) is 10.4. The number of carbonyl (C=O) groups is 1. The van der Waals surface area contributed by atoms with Gasteiger partial charge >= 0.3 is 6.03 Å². The maximum absolute atomic E-state index is 14.0. The van der Waals surface area contributed by atoms with Crippen molar-refractivity contribution < 1.29 is 13.6 Å². The summed E-state index contributed by atoms with van der Waals surface area (Å²) in [4.78, 5) is 17.3. The van der Waals surface area contributed by atoms with E-state index in [1.807, 2.05) is 31.2 Å². The van der Waals surface area contributed by atoms with Gasteiger partial charge in [-0.1, -0.05) is 41.4 Å². The van der Waals surface area contributed by atoms with Crippen molar-refractivity contribution in [3.05, 3.63) is 87.5 Å².